The van der Waals surface area contributed by atoms with Crippen molar-refractivity contribution in [2.24, 2.45) is 5.92 Å². The summed E-state index contributed by atoms with van der Waals surface area (Å²) in [6.45, 7) is 4.73. The van der Waals surface area contributed by atoms with E-state index in [4.69, 9.17) is 0 Å². The van der Waals surface area contributed by atoms with Crippen molar-refractivity contribution in [3.8, 4) is 0 Å². The molecule has 1 fully saturated rings. The van der Waals surface area contributed by atoms with Crippen molar-refractivity contribution in [1.82, 2.24) is 24.9 Å². The Morgan fingerprint density at radius 2 is 2.12 bits per heavy atom. The van der Waals surface area contributed by atoms with Crippen LogP contribution in [0.5, 0.6) is 0 Å². The molecule has 134 valence electrons. The first kappa shape index (κ1) is 17.3. The Morgan fingerprint density at radius 1 is 1.33 bits per heavy atom. The second-order valence-electron chi connectivity index (χ2n) is 7.47. The van der Waals surface area contributed by atoms with E-state index in [1.165, 1.54) is 50.8 Å². The smallest absolute Gasteiger partial charge is 0.317 e. The molecule has 3 rings (SSSR count). The monoisotopic (exact) mass is 333 g/mol. The number of fused-ring (bicyclic) bond motifs is 1. The lowest BCUT2D eigenvalue weighted by molar-refractivity contribution is 0.205. The molecule has 1 aliphatic carbocycles. The van der Waals surface area contributed by atoms with Crippen LogP contribution in [0.2, 0.25) is 0 Å². The average Bonchev–Trinajstić information content (AvgIpc) is 3.21. The zero-order valence-corrected chi connectivity index (χ0v) is 15.1. The van der Waals surface area contributed by atoms with Gasteiger partial charge in [-0.15, -0.1) is 0 Å². The summed E-state index contributed by atoms with van der Waals surface area (Å²) in [7, 11) is 3.49. The van der Waals surface area contributed by atoms with Crippen LogP contribution in [-0.2, 0) is 19.6 Å². The molecule has 1 aromatic heterocycles. The number of carbonyl (C=O) groups excluding carboxylic acids is 1. The number of hydrogen-bond donors (Lipinski definition) is 1. The third kappa shape index (κ3) is 4.50. The normalized spacial score (nSPS) is 18.6. The van der Waals surface area contributed by atoms with Gasteiger partial charge in [0.1, 0.15) is 0 Å². The largest absolute Gasteiger partial charge is 0.332 e. The number of carbonyl (C=O) groups is 1. The predicted molar refractivity (Wildman–Crippen MR) is 94.6 cm³/mol. The zero-order chi connectivity index (χ0) is 16.9. The molecule has 0 saturated heterocycles. The fourth-order valence-electron chi connectivity index (χ4n) is 3.88. The number of rotatable bonds is 6. The second kappa shape index (κ2) is 8.01. The molecule has 0 atom stereocenters. The van der Waals surface area contributed by atoms with Gasteiger partial charge < -0.3 is 10.2 Å². The molecule has 0 bridgehead atoms. The Balaban J connectivity index is 1.44. The SMILES string of the molecule is CN(C)C(=O)NCc1cc2n(n1)CCN(CCCC1CCCC1)C2. The van der Waals surface area contributed by atoms with Crippen LogP contribution in [0, 0.1) is 5.92 Å². The lowest BCUT2D eigenvalue weighted by Gasteiger charge is -2.27. The molecule has 6 heteroatoms. The molecule has 1 aromatic rings. The van der Waals surface area contributed by atoms with Gasteiger partial charge >= 0.3 is 6.03 Å². The van der Waals surface area contributed by atoms with Crippen LogP contribution in [0.3, 0.4) is 0 Å². The summed E-state index contributed by atoms with van der Waals surface area (Å²) in [5.41, 5.74) is 2.23. The highest BCUT2D eigenvalue weighted by Gasteiger charge is 2.19. The van der Waals surface area contributed by atoms with Gasteiger partial charge in [-0.2, -0.15) is 5.10 Å². The van der Waals surface area contributed by atoms with Crippen molar-refractivity contribution in [2.75, 3.05) is 27.2 Å². The number of urea groups is 1. The molecule has 6 nitrogen and oxygen atoms in total. The highest BCUT2D eigenvalue weighted by atomic mass is 16.2. The fraction of sp³-hybridized carbons (Fsp3) is 0.778. The van der Waals surface area contributed by atoms with Gasteiger partial charge in [0.05, 0.1) is 24.5 Å². The lowest BCUT2D eigenvalue weighted by Crippen LogP contribution is -2.34. The van der Waals surface area contributed by atoms with Crippen molar-refractivity contribution in [1.29, 1.82) is 0 Å². The molecule has 1 aliphatic heterocycles. The van der Waals surface area contributed by atoms with Gasteiger partial charge in [0.2, 0.25) is 0 Å². The van der Waals surface area contributed by atoms with Crippen LogP contribution in [0.4, 0.5) is 4.79 Å². The molecular weight excluding hydrogens is 302 g/mol. The minimum absolute atomic E-state index is 0.0745. The molecule has 2 amide bonds. The third-order valence-electron chi connectivity index (χ3n) is 5.32. The molecule has 1 N–H and O–H groups in total. The molecule has 24 heavy (non-hydrogen) atoms. The summed E-state index contributed by atoms with van der Waals surface area (Å²) in [6.07, 6.45) is 8.52. The molecule has 1 saturated carbocycles. The minimum atomic E-state index is -0.0745. The van der Waals surface area contributed by atoms with E-state index < -0.39 is 0 Å². The number of aromatic nitrogens is 2. The first-order chi connectivity index (χ1) is 11.6. The Kier molecular flexibility index (Phi) is 5.76. The summed E-state index contributed by atoms with van der Waals surface area (Å²) in [5, 5.41) is 7.50. The Labute approximate surface area is 145 Å². The molecular formula is C18H31N5O. The molecule has 2 aliphatic rings. The topological polar surface area (TPSA) is 53.4 Å². The van der Waals surface area contributed by atoms with Crippen molar-refractivity contribution < 1.29 is 4.79 Å². The summed E-state index contributed by atoms with van der Waals surface area (Å²) in [4.78, 5) is 15.7. The summed E-state index contributed by atoms with van der Waals surface area (Å²) in [6, 6.07) is 2.06. The van der Waals surface area contributed by atoms with E-state index in [1.807, 2.05) is 0 Å². The highest BCUT2D eigenvalue weighted by molar-refractivity contribution is 5.73. The van der Waals surface area contributed by atoms with Gasteiger partial charge in [-0.3, -0.25) is 9.58 Å². The van der Waals surface area contributed by atoms with E-state index >= 15 is 0 Å². The van der Waals surface area contributed by atoms with Gasteiger partial charge in [0.15, 0.2) is 0 Å². The highest BCUT2D eigenvalue weighted by Crippen LogP contribution is 2.28. The molecule has 0 spiro atoms. The van der Waals surface area contributed by atoms with E-state index in [0.29, 0.717) is 6.54 Å². The second-order valence-corrected chi connectivity index (χ2v) is 7.47. The van der Waals surface area contributed by atoms with Crippen molar-refractivity contribution in [3.05, 3.63) is 17.5 Å². The fourth-order valence-corrected chi connectivity index (χ4v) is 3.88. The quantitative estimate of drug-likeness (QED) is 0.870. The van der Waals surface area contributed by atoms with Gasteiger partial charge in [0.25, 0.3) is 0 Å². The Morgan fingerprint density at radius 3 is 2.88 bits per heavy atom. The number of hydrogen-bond acceptors (Lipinski definition) is 3. The maximum Gasteiger partial charge on any atom is 0.317 e. The molecule has 2 heterocycles. The van der Waals surface area contributed by atoms with Crippen molar-refractivity contribution in [2.45, 2.75) is 58.2 Å². The number of nitrogens with zero attached hydrogens (tertiary/aromatic N) is 4. The Bertz CT molecular complexity index is 548. The lowest BCUT2D eigenvalue weighted by atomic mass is 10.0. The molecule has 0 unspecified atom stereocenters. The van der Waals surface area contributed by atoms with Crippen LogP contribution in [-0.4, -0.2) is 52.8 Å². The van der Waals surface area contributed by atoms with Crippen LogP contribution in [0.15, 0.2) is 6.07 Å². The van der Waals surface area contributed by atoms with E-state index in [-0.39, 0.29) is 6.03 Å². The molecule has 0 aromatic carbocycles. The first-order valence-electron chi connectivity index (χ1n) is 9.35. The minimum Gasteiger partial charge on any atom is -0.332 e. The van der Waals surface area contributed by atoms with E-state index in [2.05, 4.69) is 26.1 Å². The third-order valence-corrected chi connectivity index (χ3v) is 5.32. The van der Waals surface area contributed by atoms with E-state index in [0.717, 1.165) is 31.2 Å². The summed E-state index contributed by atoms with van der Waals surface area (Å²) in [5.74, 6) is 0.993. The maximum absolute atomic E-state index is 11.6. The van der Waals surface area contributed by atoms with Crippen LogP contribution < -0.4 is 5.32 Å². The predicted octanol–water partition coefficient (Wildman–Crippen LogP) is 2.44. The standard InChI is InChI=1S/C18H31N5O/c1-21(2)18(24)19-13-16-12-17-14-22(10-11-23(17)20-16)9-5-8-15-6-3-4-7-15/h12,15H,3-11,13-14H2,1-2H3,(H,19,24). The van der Waals surface area contributed by atoms with Crippen molar-refractivity contribution in [3.63, 3.8) is 0 Å². The maximum atomic E-state index is 11.6. The average molecular weight is 333 g/mol. The number of amides is 2. The van der Waals surface area contributed by atoms with E-state index in [9.17, 15) is 4.79 Å². The van der Waals surface area contributed by atoms with Gasteiger partial charge in [-0.1, -0.05) is 25.7 Å². The van der Waals surface area contributed by atoms with E-state index in [1.54, 1.807) is 19.0 Å². The van der Waals surface area contributed by atoms with Crippen LogP contribution in [0.25, 0.3) is 0 Å². The van der Waals surface area contributed by atoms with Crippen LogP contribution in [0.1, 0.15) is 49.9 Å². The van der Waals surface area contributed by atoms with Gasteiger partial charge in [0, 0.05) is 27.2 Å². The summed E-state index contributed by atoms with van der Waals surface area (Å²) >= 11 is 0. The Hall–Kier alpha value is -1.56. The first-order valence-corrected chi connectivity index (χ1v) is 9.35. The van der Waals surface area contributed by atoms with Crippen LogP contribution >= 0.6 is 0 Å². The summed E-state index contributed by atoms with van der Waals surface area (Å²) < 4.78 is 2.10. The molecule has 0 radical (unpaired) electrons. The number of nitrogens with one attached hydrogen (secondary N) is 1. The zero-order valence-electron chi connectivity index (χ0n) is 15.1. The van der Waals surface area contributed by atoms with Crippen molar-refractivity contribution >= 4 is 6.03 Å². The van der Waals surface area contributed by atoms with Gasteiger partial charge in [-0.25, -0.2) is 4.79 Å². The van der Waals surface area contributed by atoms with Gasteiger partial charge in [-0.05, 0) is 31.4 Å².